The number of hydrogen-bond acceptors (Lipinski definition) is 4. The van der Waals surface area contributed by atoms with E-state index in [0.29, 0.717) is 6.42 Å². The van der Waals surface area contributed by atoms with Crippen LogP contribution in [0.2, 0.25) is 0 Å². The predicted molar refractivity (Wildman–Crippen MR) is 81.2 cm³/mol. The molecule has 1 aliphatic carbocycles. The molecule has 0 amide bonds. The highest BCUT2D eigenvalue weighted by molar-refractivity contribution is 6.33. The Morgan fingerprint density at radius 1 is 1.05 bits per heavy atom. The van der Waals surface area contributed by atoms with Crippen LogP contribution >= 0.6 is 0 Å². The maximum Gasteiger partial charge on any atom is 0.163 e. The SMILES string of the molecule is CC1C(=O)C(C(=O)CCc2ccccc2)C(=O)C(C)(C)C1=O. The molecule has 0 aromatic heterocycles. The van der Waals surface area contributed by atoms with Crippen molar-refractivity contribution in [3.63, 3.8) is 0 Å². The van der Waals surface area contributed by atoms with Gasteiger partial charge in [-0.15, -0.1) is 0 Å². The first-order chi connectivity index (χ1) is 10.3. The van der Waals surface area contributed by atoms with Crippen LogP contribution in [-0.2, 0) is 25.6 Å². The molecular formula is C18H20O4. The maximum absolute atomic E-state index is 12.4. The molecule has 0 heterocycles. The molecule has 4 nitrogen and oxygen atoms in total. The number of carbonyl (C=O) groups excluding carboxylic acids is 4. The van der Waals surface area contributed by atoms with Crippen molar-refractivity contribution in [3.05, 3.63) is 35.9 Å². The van der Waals surface area contributed by atoms with E-state index < -0.39 is 34.6 Å². The van der Waals surface area contributed by atoms with Gasteiger partial charge in [-0.3, -0.25) is 19.2 Å². The molecule has 1 aliphatic rings. The summed E-state index contributed by atoms with van der Waals surface area (Å²) >= 11 is 0. The van der Waals surface area contributed by atoms with E-state index in [2.05, 4.69) is 0 Å². The minimum absolute atomic E-state index is 0.128. The first kappa shape index (κ1) is 16.3. The number of rotatable bonds is 4. The molecule has 1 aromatic carbocycles. The minimum atomic E-state index is -1.29. The van der Waals surface area contributed by atoms with E-state index in [1.54, 1.807) is 0 Å². The number of ketones is 4. The fourth-order valence-corrected chi connectivity index (χ4v) is 2.89. The summed E-state index contributed by atoms with van der Waals surface area (Å²) in [5.41, 5.74) is -0.282. The molecule has 0 saturated heterocycles. The summed E-state index contributed by atoms with van der Waals surface area (Å²) in [6, 6.07) is 9.43. The quantitative estimate of drug-likeness (QED) is 0.799. The number of hydrogen-bond donors (Lipinski definition) is 0. The van der Waals surface area contributed by atoms with E-state index in [-0.39, 0.29) is 12.2 Å². The van der Waals surface area contributed by atoms with Gasteiger partial charge >= 0.3 is 0 Å². The average Bonchev–Trinajstić information content (AvgIpc) is 2.51. The molecule has 1 saturated carbocycles. The average molecular weight is 300 g/mol. The summed E-state index contributed by atoms with van der Waals surface area (Å²) in [5.74, 6) is -4.06. The molecule has 0 radical (unpaired) electrons. The lowest BCUT2D eigenvalue weighted by Gasteiger charge is -2.34. The summed E-state index contributed by atoms with van der Waals surface area (Å²) in [7, 11) is 0. The lowest BCUT2D eigenvalue weighted by atomic mass is 9.64. The van der Waals surface area contributed by atoms with Gasteiger partial charge in [-0.25, -0.2) is 0 Å². The van der Waals surface area contributed by atoms with Gasteiger partial charge in [0.1, 0.15) is 5.92 Å². The van der Waals surface area contributed by atoms with Crippen LogP contribution in [-0.4, -0.2) is 23.1 Å². The highest BCUT2D eigenvalue weighted by Gasteiger charge is 2.54. The third-order valence-corrected chi connectivity index (χ3v) is 4.42. The Bertz CT molecular complexity index is 628. The van der Waals surface area contributed by atoms with Crippen LogP contribution in [0.15, 0.2) is 30.3 Å². The zero-order valence-corrected chi connectivity index (χ0v) is 13.1. The monoisotopic (exact) mass is 300 g/mol. The number of benzene rings is 1. The molecule has 0 bridgehead atoms. The molecule has 1 aromatic rings. The standard InChI is InChI=1S/C18H20O4/c1-11-15(20)14(17(22)18(2,3)16(11)21)13(19)10-9-12-7-5-4-6-8-12/h4-8,11,14H,9-10H2,1-3H3. The highest BCUT2D eigenvalue weighted by atomic mass is 16.2. The zero-order valence-electron chi connectivity index (χ0n) is 13.1. The molecule has 1 fully saturated rings. The number of aryl methyl sites for hydroxylation is 1. The fraction of sp³-hybridized carbons (Fsp3) is 0.444. The zero-order chi connectivity index (χ0) is 16.5. The second-order valence-corrected chi connectivity index (χ2v) is 6.36. The Morgan fingerprint density at radius 3 is 2.23 bits per heavy atom. The second kappa shape index (κ2) is 5.95. The minimum Gasteiger partial charge on any atom is -0.298 e. The van der Waals surface area contributed by atoms with Crippen molar-refractivity contribution in [3.8, 4) is 0 Å². The van der Waals surface area contributed by atoms with Crippen LogP contribution < -0.4 is 0 Å². The van der Waals surface area contributed by atoms with E-state index >= 15 is 0 Å². The van der Waals surface area contributed by atoms with E-state index in [1.807, 2.05) is 30.3 Å². The second-order valence-electron chi connectivity index (χ2n) is 6.36. The van der Waals surface area contributed by atoms with Crippen molar-refractivity contribution in [1.29, 1.82) is 0 Å². The van der Waals surface area contributed by atoms with Gasteiger partial charge in [-0.1, -0.05) is 30.3 Å². The van der Waals surface area contributed by atoms with Gasteiger partial charge in [0, 0.05) is 6.42 Å². The molecule has 116 valence electrons. The van der Waals surface area contributed by atoms with Crippen LogP contribution in [0.3, 0.4) is 0 Å². The summed E-state index contributed by atoms with van der Waals surface area (Å²) in [6.07, 6.45) is 0.614. The third kappa shape index (κ3) is 2.78. The Hall–Kier alpha value is -2.10. The van der Waals surface area contributed by atoms with E-state index in [4.69, 9.17) is 0 Å². The van der Waals surface area contributed by atoms with Gasteiger partial charge in [0.15, 0.2) is 23.1 Å². The van der Waals surface area contributed by atoms with Crippen LogP contribution in [0.25, 0.3) is 0 Å². The topological polar surface area (TPSA) is 68.3 Å². The van der Waals surface area contributed by atoms with Crippen LogP contribution in [0.5, 0.6) is 0 Å². The van der Waals surface area contributed by atoms with Crippen LogP contribution in [0.4, 0.5) is 0 Å². The molecule has 2 rings (SSSR count). The predicted octanol–water partition coefficient (Wildman–Crippen LogP) is 2.19. The van der Waals surface area contributed by atoms with Gasteiger partial charge in [0.25, 0.3) is 0 Å². The van der Waals surface area contributed by atoms with Crippen molar-refractivity contribution >= 4 is 23.1 Å². The fourth-order valence-electron chi connectivity index (χ4n) is 2.89. The normalized spacial score (nSPS) is 24.4. The van der Waals surface area contributed by atoms with Crippen molar-refractivity contribution in [1.82, 2.24) is 0 Å². The van der Waals surface area contributed by atoms with Crippen LogP contribution in [0, 0.1) is 17.3 Å². The van der Waals surface area contributed by atoms with Gasteiger partial charge in [0.05, 0.1) is 11.3 Å². The summed E-state index contributed by atoms with van der Waals surface area (Å²) in [5, 5.41) is 0. The number of carbonyl (C=O) groups is 4. The lowest BCUT2D eigenvalue weighted by Crippen LogP contribution is -2.54. The van der Waals surface area contributed by atoms with Crippen molar-refractivity contribution in [2.75, 3.05) is 0 Å². The Kier molecular flexibility index (Phi) is 4.40. The van der Waals surface area contributed by atoms with Gasteiger partial charge in [-0.2, -0.15) is 0 Å². The van der Waals surface area contributed by atoms with E-state index in [1.165, 1.54) is 20.8 Å². The van der Waals surface area contributed by atoms with Gasteiger partial charge < -0.3 is 0 Å². The Morgan fingerprint density at radius 2 is 1.64 bits per heavy atom. The maximum atomic E-state index is 12.4. The van der Waals surface area contributed by atoms with Crippen LogP contribution in [0.1, 0.15) is 32.8 Å². The van der Waals surface area contributed by atoms with Crippen molar-refractivity contribution in [2.45, 2.75) is 33.6 Å². The highest BCUT2D eigenvalue weighted by Crippen LogP contribution is 2.34. The van der Waals surface area contributed by atoms with Gasteiger partial charge in [0.2, 0.25) is 0 Å². The van der Waals surface area contributed by atoms with E-state index in [0.717, 1.165) is 5.56 Å². The molecular weight excluding hydrogens is 280 g/mol. The van der Waals surface area contributed by atoms with Gasteiger partial charge in [-0.05, 0) is 32.8 Å². The van der Waals surface area contributed by atoms with E-state index in [9.17, 15) is 19.2 Å². The lowest BCUT2D eigenvalue weighted by molar-refractivity contribution is -0.156. The molecule has 2 unspecified atom stereocenters. The Labute approximate surface area is 129 Å². The molecule has 2 atom stereocenters. The van der Waals surface area contributed by atoms with Crippen molar-refractivity contribution in [2.24, 2.45) is 17.3 Å². The molecule has 0 N–H and O–H groups in total. The molecule has 4 heteroatoms. The largest absolute Gasteiger partial charge is 0.298 e. The third-order valence-electron chi connectivity index (χ3n) is 4.42. The molecule has 22 heavy (non-hydrogen) atoms. The molecule has 0 spiro atoms. The summed E-state index contributed by atoms with van der Waals surface area (Å²) in [6.45, 7) is 4.48. The first-order valence-electron chi connectivity index (χ1n) is 7.46. The smallest absolute Gasteiger partial charge is 0.163 e. The molecule has 0 aliphatic heterocycles. The Balaban J connectivity index is 2.16. The first-order valence-corrected chi connectivity index (χ1v) is 7.46. The summed E-state index contributed by atoms with van der Waals surface area (Å²) in [4.78, 5) is 49.1. The number of Topliss-reactive ketones (excluding diaryl/α,β-unsaturated/α-hetero) is 4. The van der Waals surface area contributed by atoms with Crippen molar-refractivity contribution < 1.29 is 19.2 Å². The summed E-state index contributed by atoms with van der Waals surface area (Å²) < 4.78 is 0.